The lowest BCUT2D eigenvalue weighted by molar-refractivity contribution is 0.0600. The van der Waals surface area contributed by atoms with Gasteiger partial charge in [-0.3, -0.25) is 0 Å². The third-order valence-corrected chi connectivity index (χ3v) is 5.21. The van der Waals surface area contributed by atoms with E-state index >= 15 is 0 Å². The Labute approximate surface area is 149 Å². The van der Waals surface area contributed by atoms with Crippen LogP contribution in [0.5, 0.6) is 5.75 Å². The molecule has 25 heavy (non-hydrogen) atoms. The third-order valence-electron chi connectivity index (χ3n) is 5.21. The Hall–Kier alpha value is -2.29. The van der Waals surface area contributed by atoms with Crippen molar-refractivity contribution in [2.75, 3.05) is 7.11 Å². The molecule has 0 aliphatic heterocycles. The van der Waals surface area contributed by atoms with Crippen LogP contribution in [0.15, 0.2) is 30.3 Å². The Morgan fingerprint density at radius 3 is 2.68 bits per heavy atom. The lowest BCUT2D eigenvalue weighted by Gasteiger charge is -2.20. The average Bonchev–Trinajstić information content (AvgIpc) is 2.63. The van der Waals surface area contributed by atoms with E-state index in [1.807, 2.05) is 25.1 Å². The van der Waals surface area contributed by atoms with Gasteiger partial charge in [-0.05, 0) is 91.8 Å². The monoisotopic (exact) mass is 338 g/mol. The maximum atomic E-state index is 11.7. The van der Waals surface area contributed by atoms with E-state index < -0.39 is 0 Å². The Morgan fingerprint density at radius 2 is 1.92 bits per heavy atom. The minimum Gasteiger partial charge on any atom is -0.508 e. The van der Waals surface area contributed by atoms with Crippen LogP contribution in [0.3, 0.4) is 0 Å². The first-order chi connectivity index (χ1) is 12.1. The number of esters is 1. The number of methoxy groups -OCH3 is 1. The number of hydrogen-bond donors (Lipinski definition) is 1. The summed E-state index contributed by atoms with van der Waals surface area (Å²) in [6.07, 6.45) is 7.52. The van der Waals surface area contributed by atoms with Gasteiger partial charge in [0.1, 0.15) is 5.75 Å². The molecular formula is C22H26O3. The molecule has 0 atom stereocenters. The standard InChI is InChI=1S/C22H26O3/c1-15-14-16(10-12-18(15)22(24)25-2)6-5-9-20-19-8-4-3-7-17(19)11-13-21(20)23/h10-14,23H,3-9H2,1-2H3. The van der Waals surface area contributed by atoms with E-state index in [2.05, 4.69) is 12.1 Å². The number of carbonyl (C=O) groups excluding carboxylic acids is 1. The third kappa shape index (κ3) is 3.87. The fraction of sp³-hybridized carbons (Fsp3) is 0.409. The van der Waals surface area contributed by atoms with Crippen molar-refractivity contribution in [3.63, 3.8) is 0 Å². The lowest BCUT2D eigenvalue weighted by Crippen LogP contribution is -2.07. The summed E-state index contributed by atoms with van der Waals surface area (Å²) in [5.74, 6) is 0.155. The minimum absolute atomic E-state index is 0.287. The van der Waals surface area contributed by atoms with Crippen LogP contribution >= 0.6 is 0 Å². The average molecular weight is 338 g/mol. The molecule has 0 radical (unpaired) electrons. The molecule has 0 amide bonds. The summed E-state index contributed by atoms with van der Waals surface area (Å²) in [6.45, 7) is 1.94. The van der Waals surface area contributed by atoms with E-state index in [-0.39, 0.29) is 5.97 Å². The summed E-state index contributed by atoms with van der Waals surface area (Å²) >= 11 is 0. The summed E-state index contributed by atoms with van der Waals surface area (Å²) in [5.41, 5.74) is 6.72. The first-order valence-electron chi connectivity index (χ1n) is 9.10. The molecule has 0 saturated heterocycles. The van der Waals surface area contributed by atoms with Crippen molar-refractivity contribution in [3.8, 4) is 5.75 Å². The zero-order valence-corrected chi connectivity index (χ0v) is 15.1. The Bertz CT molecular complexity index is 777. The van der Waals surface area contributed by atoms with Gasteiger partial charge in [-0.2, -0.15) is 0 Å². The molecule has 1 aliphatic carbocycles. The van der Waals surface area contributed by atoms with Crippen LogP contribution in [0, 0.1) is 6.92 Å². The van der Waals surface area contributed by atoms with Gasteiger partial charge in [0.25, 0.3) is 0 Å². The van der Waals surface area contributed by atoms with Crippen molar-refractivity contribution in [3.05, 3.63) is 63.7 Å². The molecule has 0 spiro atoms. The smallest absolute Gasteiger partial charge is 0.338 e. The van der Waals surface area contributed by atoms with Gasteiger partial charge in [0.2, 0.25) is 0 Å². The quantitative estimate of drug-likeness (QED) is 0.814. The van der Waals surface area contributed by atoms with Crippen molar-refractivity contribution in [1.29, 1.82) is 0 Å². The lowest BCUT2D eigenvalue weighted by atomic mass is 9.86. The summed E-state index contributed by atoms with van der Waals surface area (Å²) in [7, 11) is 1.41. The second-order valence-electron chi connectivity index (χ2n) is 6.90. The topological polar surface area (TPSA) is 46.5 Å². The Balaban J connectivity index is 1.68. The molecular weight excluding hydrogens is 312 g/mol. The molecule has 2 aromatic rings. The van der Waals surface area contributed by atoms with Crippen molar-refractivity contribution >= 4 is 5.97 Å². The van der Waals surface area contributed by atoms with Crippen LogP contribution in [0.1, 0.15) is 57.4 Å². The molecule has 2 aromatic carbocycles. The van der Waals surface area contributed by atoms with Crippen molar-refractivity contribution in [2.24, 2.45) is 0 Å². The van der Waals surface area contributed by atoms with Gasteiger partial charge in [0, 0.05) is 0 Å². The number of aryl methyl sites for hydroxylation is 3. The highest BCUT2D eigenvalue weighted by Crippen LogP contribution is 2.31. The number of rotatable bonds is 5. The number of fused-ring (bicyclic) bond motifs is 1. The molecule has 0 bridgehead atoms. The number of carbonyl (C=O) groups is 1. The summed E-state index contributed by atoms with van der Waals surface area (Å²) in [4.78, 5) is 11.7. The van der Waals surface area contributed by atoms with Gasteiger partial charge in [-0.25, -0.2) is 4.79 Å². The fourth-order valence-electron chi connectivity index (χ4n) is 3.86. The maximum absolute atomic E-state index is 11.7. The number of hydrogen-bond acceptors (Lipinski definition) is 3. The van der Waals surface area contributed by atoms with E-state index in [0.717, 1.165) is 43.2 Å². The highest BCUT2D eigenvalue weighted by molar-refractivity contribution is 5.90. The largest absolute Gasteiger partial charge is 0.508 e. The highest BCUT2D eigenvalue weighted by Gasteiger charge is 2.16. The van der Waals surface area contributed by atoms with Crippen LogP contribution in [0.25, 0.3) is 0 Å². The number of phenolic OH excluding ortho intramolecular Hbond substituents is 1. The zero-order chi connectivity index (χ0) is 17.8. The molecule has 3 nitrogen and oxygen atoms in total. The summed E-state index contributed by atoms with van der Waals surface area (Å²) < 4.78 is 4.80. The van der Waals surface area contributed by atoms with E-state index in [1.165, 1.54) is 36.6 Å². The Kier molecular flexibility index (Phi) is 5.42. The van der Waals surface area contributed by atoms with Crippen LogP contribution in [0.2, 0.25) is 0 Å². The van der Waals surface area contributed by atoms with Gasteiger partial charge in [0.15, 0.2) is 0 Å². The molecule has 0 aromatic heterocycles. The predicted octanol–water partition coefficient (Wildman–Crippen LogP) is 4.54. The normalized spacial score (nSPS) is 13.4. The van der Waals surface area contributed by atoms with Gasteiger partial charge in [-0.15, -0.1) is 0 Å². The van der Waals surface area contributed by atoms with Crippen molar-refractivity contribution in [2.45, 2.75) is 51.9 Å². The highest BCUT2D eigenvalue weighted by atomic mass is 16.5. The van der Waals surface area contributed by atoms with Gasteiger partial charge in [-0.1, -0.05) is 18.2 Å². The number of benzene rings is 2. The van der Waals surface area contributed by atoms with Crippen LogP contribution < -0.4 is 0 Å². The number of ether oxygens (including phenoxy) is 1. The maximum Gasteiger partial charge on any atom is 0.338 e. The minimum atomic E-state index is -0.287. The molecule has 3 heteroatoms. The molecule has 0 heterocycles. The zero-order valence-electron chi connectivity index (χ0n) is 15.1. The van der Waals surface area contributed by atoms with Crippen LogP contribution in [0.4, 0.5) is 0 Å². The van der Waals surface area contributed by atoms with Gasteiger partial charge < -0.3 is 9.84 Å². The molecule has 0 fully saturated rings. The predicted molar refractivity (Wildman–Crippen MR) is 99.3 cm³/mol. The fourth-order valence-corrected chi connectivity index (χ4v) is 3.86. The van der Waals surface area contributed by atoms with E-state index in [1.54, 1.807) is 0 Å². The van der Waals surface area contributed by atoms with Gasteiger partial charge >= 0.3 is 5.97 Å². The molecule has 3 rings (SSSR count). The second-order valence-corrected chi connectivity index (χ2v) is 6.90. The van der Waals surface area contributed by atoms with Gasteiger partial charge in [0.05, 0.1) is 12.7 Å². The number of aromatic hydroxyl groups is 1. The number of phenols is 1. The van der Waals surface area contributed by atoms with Crippen molar-refractivity contribution < 1.29 is 14.6 Å². The second kappa shape index (κ2) is 7.73. The summed E-state index contributed by atoms with van der Waals surface area (Å²) in [6, 6.07) is 9.85. The molecule has 1 N–H and O–H groups in total. The van der Waals surface area contributed by atoms with E-state index in [0.29, 0.717) is 11.3 Å². The molecule has 0 unspecified atom stereocenters. The van der Waals surface area contributed by atoms with E-state index in [9.17, 15) is 9.90 Å². The molecule has 1 aliphatic rings. The molecule has 132 valence electrons. The van der Waals surface area contributed by atoms with E-state index in [4.69, 9.17) is 4.74 Å². The summed E-state index contributed by atoms with van der Waals surface area (Å²) in [5, 5.41) is 10.3. The first-order valence-corrected chi connectivity index (χ1v) is 9.10. The Morgan fingerprint density at radius 1 is 1.12 bits per heavy atom. The molecule has 0 saturated carbocycles. The van der Waals surface area contributed by atoms with Crippen LogP contribution in [-0.2, 0) is 30.4 Å². The first kappa shape index (κ1) is 17.5. The van der Waals surface area contributed by atoms with Crippen LogP contribution in [-0.4, -0.2) is 18.2 Å². The SMILES string of the molecule is COC(=O)c1ccc(CCCc2c(O)ccc3c2CCCC3)cc1C. The van der Waals surface area contributed by atoms with Crippen molar-refractivity contribution in [1.82, 2.24) is 0 Å².